The first-order valence-corrected chi connectivity index (χ1v) is 6.18. The van der Waals surface area contributed by atoms with E-state index in [1.54, 1.807) is 17.6 Å². The second-order valence-corrected chi connectivity index (χ2v) is 4.78. The maximum atomic E-state index is 11.2. The third-order valence-corrected chi connectivity index (χ3v) is 3.45. The molecular weight excluding hydrogens is 292 g/mol. The van der Waals surface area contributed by atoms with E-state index < -0.39 is 4.83 Å². The molecule has 0 radical (unpaired) electrons. The maximum absolute atomic E-state index is 11.2. The number of amides is 1. The first-order valence-electron chi connectivity index (χ1n) is 4.39. The van der Waals surface area contributed by atoms with E-state index >= 15 is 0 Å². The minimum absolute atomic E-state index is 0.243. The summed E-state index contributed by atoms with van der Waals surface area (Å²) < 4.78 is 0. The highest BCUT2D eigenvalue weighted by Gasteiger charge is 2.23. The van der Waals surface area contributed by atoms with Gasteiger partial charge in [0.25, 0.3) is 5.91 Å². The molecule has 16 heavy (non-hydrogen) atoms. The van der Waals surface area contributed by atoms with Crippen LogP contribution in [0.25, 0.3) is 0 Å². The molecule has 1 aliphatic rings. The highest BCUT2D eigenvalue weighted by Crippen LogP contribution is 2.07. The molecule has 1 N–H and O–H groups in total. The van der Waals surface area contributed by atoms with Gasteiger partial charge in [-0.15, -0.1) is 11.3 Å². The fraction of sp³-hybridized carbons (Fsp3) is 0.111. The van der Waals surface area contributed by atoms with E-state index in [0.717, 1.165) is 4.88 Å². The Balaban J connectivity index is 2.10. The number of carbonyl (C=O) groups excluding carboxylic acids is 1. The fourth-order valence-electron chi connectivity index (χ4n) is 1.01. The molecule has 7 heteroatoms. The number of halogens is 1. The number of hydrogen-bond acceptors (Lipinski definition) is 5. The average Bonchev–Trinajstić information content (AvgIpc) is 2.77. The Labute approximate surface area is 104 Å². The molecule has 0 saturated heterocycles. The first kappa shape index (κ1) is 11.2. The Bertz CT molecular complexity index is 466. The summed E-state index contributed by atoms with van der Waals surface area (Å²) in [5.74, 6) is -0.243. The smallest absolute Gasteiger partial charge is 0.260 e. The molecule has 0 aliphatic carbocycles. The van der Waals surface area contributed by atoms with Crippen LogP contribution in [0.2, 0.25) is 0 Å². The molecule has 0 bridgehead atoms. The number of nitrogens with zero attached hydrogens (tertiary/aromatic N) is 3. The number of hydrogen-bond donors (Lipinski definition) is 1. The molecule has 1 aromatic heterocycles. The predicted molar refractivity (Wildman–Crippen MR) is 68.7 cm³/mol. The number of nitrogens with one attached hydrogen (secondary N) is 1. The van der Waals surface area contributed by atoms with E-state index in [1.807, 2.05) is 17.5 Å². The molecule has 1 unspecified atom stereocenters. The zero-order valence-corrected chi connectivity index (χ0v) is 10.4. The highest BCUT2D eigenvalue weighted by atomic mass is 79.9. The standard InChI is InChI=1S/C9H7BrN4OS/c10-8-7(5-12-14-9(8)15)13-11-4-6-2-1-3-16-6/h1-5,8H,(H,14,15)/b11-4-,13-7+. The number of hydrazone groups is 1. The molecule has 1 aliphatic heterocycles. The normalized spacial score (nSPS) is 22.9. The molecule has 1 atom stereocenters. The van der Waals surface area contributed by atoms with Gasteiger partial charge in [0.2, 0.25) is 0 Å². The van der Waals surface area contributed by atoms with Crippen molar-refractivity contribution in [2.24, 2.45) is 15.3 Å². The van der Waals surface area contributed by atoms with Gasteiger partial charge in [0, 0.05) is 4.88 Å². The summed E-state index contributed by atoms with van der Waals surface area (Å²) in [7, 11) is 0. The highest BCUT2D eigenvalue weighted by molar-refractivity contribution is 9.10. The summed E-state index contributed by atoms with van der Waals surface area (Å²) in [6, 6.07) is 3.86. The van der Waals surface area contributed by atoms with Crippen molar-refractivity contribution < 1.29 is 4.79 Å². The number of carbonyl (C=O) groups is 1. The van der Waals surface area contributed by atoms with Gasteiger partial charge < -0.3 is 0 Å². The Morgan fingerprint density at radius 2 is 2.50 bits per heavy atom. The molecule has 0 aromatic carbocycles. The van der Waals surface area contributed by atoms with Crippen LogP contribution in [0.1, 0.15) is 4.88 Å². The van der Waals surface area contributed by atoms with Gasteiger partial charge in [-0.3, -0.25) is 4.79 Å². The lowest BCUT2D eigenvalue weighted by Gasteiger charge is -2.10. The quantitative estimate of drug-likeness (QED) is 0.501. The zero-order chi connectivity index (χ0) is 11.4. The second-order valence-electron chi connectivity index (χ2n) is 2.88. The molecule has 1 aromatic rings. The van der Waals surface area contributed by atoms with E-state index in [1.165, 1.54) is 6.21 Å². The molecule has 82 valence electrons. The lowest BCUT2D eigenvalue weighted by molar-refractivity contribution is -0.119. The van der Waals surface area contributed by atoms with E-state index in [4.69, 9.17) is 0 Å². The van der Waals surface area contributed by atoms with Crippen LogP contribution in [0.4, 0.5) is 0 Å². The average molecular weight is 299 g/mol. The van der Waals surface area contributed by atoms with Crippen LogP contribution in [-0.4, -0.2) is 28.9 Å². The lowest BCUT2D eigenvalue weighted by atomic mass is 10.2. The second kappa shape index (κ2) is 5.13. The van der Waals surface area contributed by atoms with Crippen molar-refractivity contribution in [3.8, 4) is 0 Å². The van der Waals surface area contributed by atoms with Crippen LogP contribution in [0.5, 0.6) is 0 Å². The SMILES string of the molecule is O=C1NN=C/C(=N\N=C/c2cccs2)C1Br. The molecule has 2 heterocycles. The largest absolute Gasteiger partial charge is 0.271 e. The van der Waals surface area contributed by atoms with Crippen LogP contribution in [-0.2, 0) is 4.79 Å². The van der Waals surface area contributed by atoms with Crippen molar-refractivity contribution >= 4 is 51.3 Å². The van der Waals surface area contributed by atoms with E-state index in [-0.39, 0.29) is 5.91 Å². The van der Waals surface area contributed by atoms with Gasteiger partial charge in [-0.05, 0) is 11.4 Å². The minimum atomic E-state index is -0.495. The topological polar surface area (TPSA) is 66.2 Å². The number of alkyl halides is 1. The van der Waals surface area contributed by atoms with Gasteiger partial charge in [0.15, 0.2) is 0 Å². The van der Waals surface area contributed by atoms with Crippen LogP contribution >= 0.6 is 27.3 Å². The van der Waals surface area contributed by atoms with Crippen molar-refractivity contribution in [2.45, 2.75) is 4.83 Å². The maximum Gasteiger partial charge on any atom is 0.260 e. The molecule has 1 amide bonds. The summed E-state index contributed by atoms with van der Waals surface area (Å²) in [4.78, 5) is 11.7. The van der Waals surface area contributed by atoms with E-state index in [0.29, 0.717) is 5.71 Å². The number of rotatable bonds is 2. The molecular formula is C9H7BrN4OS. The monoisotopic (exact) mass is 298 g/mol. The van der Waals surface area contributed by atoms with Gasteiger partial charge in [-0.2, -0.15) is 15.3 Å². The number of thiophene rings is 1. The Morgan fingerprint density at radius 3 is 3.25 bits per heavy atom. The molecule has 2 rings (SSSR count). The van der Waals surface area contributed by atoms with Gasteiger partial charge in [0.1, 0.15) is 10.5 Å². The Morgan fingerprint density at radius 1 is 1.62 bits per heavy atom. The van der Waals surface area contributed by atoms with Crippen molar-refractivity contribution in [1.29, 1.82) is 0 Å². The summed E-state index contributed by atoms with van der Waals surface area (Å²) in [6.45, 7) is 0. The third-order valence-electron chi connectivity index (χ3n) is 1.76. The zero-order valence-electron chi connectivity index (χ0n) is 8.00. The van der Waals surface area contributed by atoms with Gasteiger partial charge >= 0.3 is 0 Å². The minimum Gasteiger partial charge on any atom is -0.271 e. The summed E-state index contributed by atoms with van der Waals surface area (Å²) in [5, 5.41) is 13.4. The van der Waals surface area contributed by atoms with Crippen LogP contribution in [0, 0.1) is 0 Å². The Kier molecular flexibility index (Phi) is 3.58. The summed E-state index contributed by atoms with van der Waals surface area (Å²) in [5.41, 5.74) is 2.80. The molecule has 5 nitrogen and oxygen atoms in total. The molecule has 0 saturated carbocycles. The molecule has 0 spiro atoms. The Hall–Kier alpha value is -1.34. The van der Waals surface area contributed by atoms with E-state index in [2.05, 4.69) is 36.7 Å². The molecule has 0 fully saturated rings. The summed E-state index contributed by atoms with van der Waals surface area (Å²) in [6.07, 6.45) is 3.10. The van der Waals surface area contributed by atoms with Crippen molar-refractivity contribution in [2.75, 3.05) is 0 Å². The van der Waals surface area contributed by atoms with Gasteiger partial charge in [-0.1, -0.05) is 22.0 Å². The summed E-state index contributed by atoms with van der Waals surface area (Å²) >= 11 is 4.76. The van der Waals surface area contributed by atoms with Crippen molar-refractivity contribution in [3.05, 3.63) is 22.4 Å². The van der Waals surface area contributed by atoms with Crippen molar-refractivity contribution in [3.63, 3.8) is 0 Å². The van der Waals surface area contributed by atoms with Crippen LogP contribution < -0.4 is 5.43 Å². The van der Waals surface area contributed by atoms with Crippen molar-refractivity contribution in [1.82, 2.24) is 5.43 Å². The first-order chi connectivity index (χ1) is 7.77. The fourth-order valence-corrected chi connectivity index (χ4v) is 1.90. The lowest BCUT2D eigenvalue weighted by Crippen LogP contribution is -2.38. The van der Waals surface area contributed by atoms with Crippen LogP contribution in [0.15, 0.2) is 32.8 Å². The van der Waals surface area contributed by atoms with Crippen LogP contribution in [0.3, 0.4) is 0 Å². The predicted octanol–water partition coefficient (Wildman–Crippen LogP) is 1.40. The van der Waals surface area contributed by atoms with E-state index in [9.17, 15) is 4.79 Å². The van der Waals surface area contributed by atoms with Gasteiger partial charge in [0.05, 0.1) is 12.4 Å². The van der Waals surface area contributed by atoms with Gasteiger partial charge in [-0.25, -0.2) is 5.43 Å². The third kappa shape index (κ3) is 2.61.